The van der Waals surface area contributed by atoms with E-state index in [0.717, 1.165) is 12.0 Å². The molecule has 23 heavy (non-hydrogen) atoms. The molecule has 1 rings (SSSR count). The van der Waals surface area contributed by atoms with Crippen LogP contribution in [0.25, 0.3) is 0 Å². The van der Waals surface area contributed by atoms with E-state index in [1.165, 1.54) is 76.9 Å². The summed E-state index contributed by atoms with van der Waals surface area (Å²) in [4.78, 5) is 11.2. The lowest BCUT2D eigenvalue weighted by molar-refractivity contribution is -0.139. The van der Waals surface area contributed by atoms with Gasteiger partial charge in [0.15, 0.2) is 0 Å². The van der Waals surface area contributed by atoms with Gasteiger partial charge in [0.2, 0.25) is 0 Å². The fourth-order valence-electron chi connectivity index (χ4n) is 2.88. The second kappa shape index (κ2) is 13.2. The van der Waals surface area contributed by atoms with Gasteiger partial charge >= 0.3 is 5.97 Å². The van der Waals surface area contributed by atoms with Crippen molar-refractivity contribution in [3.05, 3.63) is 35.4 Å². The van der Waals surface area contributed by atoms with Gasteiger partial charge in [0.25, 0.3) is 0 Å². The Bertz CT molecular complexity index is 408. The second-order valence-corrected chi connectivity index (χ2v) is 6.50. The average Bonchev–Trinajstić information content (AvgIpc) is 2.58. The molecule has 0 fully saturated rings. The van der Waals surface area contributed by atoms with Gasteiger partial charge in [-0.3, -0.25) is 4.79 Å². The second-order valence-electron chi connectivity index (χ2n) is 6.50. The summed E-state index contributed by atoms with van der Waals surface area (Å²) in [5, 5.41) is 0. The van der Waals surface area contributed by atoms with Crippen molar-refractivity contribution in [3.8, 4) is 0 Å². The van der Waals surface area contributed by atoms with E-state index >= 15 is 0 Å². The van der Waals surface area contributed by atoms with E-state index in [2.05, 4.69) is 23.8 Å². The maximum atomic E-state index is 11.2. The molecule has 0 amide bonds. The molecule has 0 radical (unpaired) electrons. The number of hydrogen-bond donors (Lipinski definition) is 0. The highest BCUT2D eigenvalue weighted by Gasteiger charge is 2.02. The Morgan fingerprint density at radius 2 is 1.26 bits per heavy atom. The molecular weight excluding hydrogens is 284 g/mol. The molecule has 0 aliphatic carbocycles. The number of aryl methyl sites for hydroxylation is 1. The molecule has 0 unspecified atom stereocenters. The molecule has 0 bridgehead atoms. The summed E-state index contributed by atoms with van der Waals surface area (Å²) in [7, 11) is 1.43. The quantitative estimate of drug-likeness (QED) is 0.336. The fourth-order valence-corrected chi connectivity index (χ4v) is 2.88. The number of benzene rings is 1. The molecule has 0 spiro atoms. The molecule has 0 N–H and O–H groups in total. The molecule has 0 heterocycles. The van der Waals surface area contributed by atoms with Crippen LogP contribution in [0.3, 0.4) is 0 Å². The molecule has 0 aromatic heterocycles. The third kappa shape index (κ3) is 10.1. The summed E-state index contributed by atoms with van der Waals surface area (Å²) >= 11 is 0. The maximum absolute atomic E-state index is 11.2. The molecular formula is C21H34O2. The van der Waals surface area contributed by atoms with Crippen LogP contribution in [0.15, 0.2) is 24.3 Å². The Morgan fingerprint density at radius 3 is 1.78 bits per heavy atom. The zero-order chi connectivity index (χ0) is 16.8. The molecule has 2 nitrogen and oxygen atoms in total. The van der Waals surface area contributed by atoms with E-state index in [0.29, 0.717) is 6.42 Å². The van der Waals surface area contributed by atoms with Gasteiger partial charge in [0, 0.05) is 0 Å². The van der Waals surface area contributed by atoms with Crippen molar-refractivity contribution in [3.63, 3.8) is 0 Å². The third-order valence-electron chi connectivity index (χ3n) is 4.42. The largest absolute Gasteiger partial charge is 0.469 e. The van der Waals surface area contributed by atoms with Crippen molar-refractivity contribution < 1.29 is 9.53 Å². The van der Waals surface area contributed by atoms with Gasteiger partial charge in [-0.05, 0) is 24.0 Å². The van der Waals surface area contributed by atoms with Gasteiger partial charge in [-0.2, -0.15) is 0 Å². The number of carbonyl (C=O) groups is 1. The molecule has 0 aliphatic heterocycles. The standard InChI is InChI=1S/C21H34O2/c1-3-4-5-6-7-8-9-10-11-12-13-19-14-16-20(17-15-19)18-21(22)23-2/h14-17H,3-13,18H2,1-2H3. The van der Waals surface area contributed by atoms with Crippen molar-refractivity contribution in [1.29, 1.82) is 0 Å². The predicted molar refractivity (Wildman–Crippen MR) is 97.7 cm³/mol. The summed E-state index contributed by atoms with van der Waals surface area (Å²) in [5.41, 5.74) is 2.40. The Kier molecular flexibility index (Phi) is 11.3. The monoisotopic (exact) mass is 318 g/mol. The van der Waals surface area contributed by atoms with E-state index in [-0.39, 0.29) is 5.97 Å². The topological polar surface area (TPSA) is 26.3 Å². The minimum absolute atomic E-state index is 0.174. The maximum Gasteiger partial charge on any atom is 0.309 e. The molecule has 1 aromatic carbocycles. The van der Waals surface area contributed by atoms with Gasteiger partial charge in [0.05, 0.1) is 13.5 Å². The van der Waals surface area contributed by atoms with Gasteiger partial charge in [-0.25, -0.2) is 0 Å². The van der Waals surface area contributed by atoms with Crippen molar-refractivity contribution in [2.24, 2.45) is 0 Å². The average molecular weight is 319 g/mol. The Hall–Kier alpha value is -1.31. The van der Waals surface area contributed by atoms with Gasteiger partial charge in [-0.15, -0.1) is 0 Å². The van der Waals surface area contributed by atoms with Crippen LogP contribution >= 0.6 is 0 Å². The minimum atomic E-state index is -0.174. The molecule has 0 atom stereocenters. The first kappa shape index (κ1) is 19.7. The predicted octanol–water partition coefficient (Wildman–Crippen LogP) is 5.87. The van der Waals surface area contributed by atoms with Gasteiger partial charge < -0.3 is 4.74 Å². The van der Waals surface area contributed by atoms with E-state index in [1.54, 1.807) is 0 Å². The molecule has 0 aliphatic rings. The van der Waals surface area contributed by atoms with Crippen LogP contribution in [0.5, 0.6) is 0 Å². The summed E-state index contributed by atoms with van der Waals surface area (Å²) < 4.78 is 4.68. The molecule has 0 saturated heterocycles. The number of rotatable bonds is 13. The lowest BCUT2D eigenvalue weighted by Gasteiger charge is -2.05. The SMILES string of the molecule is CCCCCCCCCCCCc1ccc(CC(=O)OC)cc1. The van der Waals surface area contributed by atoms with Gasteiger partial charge in [-0.1, -0.05) is 89.0 Å². The summed E-state index contributed by atoms with van der Waals surface area (Å²) in [6.45, 7) is 2.27. The number of carbonyl (C=O) groups excluding carboxylic acids is 1. The van der Waals surface area contributed by atoms with Crippen molar-refractivity contribution in [2.45, 2.75) is 84.0 Å². The normalized spacial score (nSPS) is 10.7. The lowest BCUT2D eigenvalue weighted by Crippen LogP contribution is -2.04. The summed E-state index contributed by atoms with van der Waals surface area (Å²) in [6, 6.07) is 8.38. The van der Waals surface area contributed by atoms with Crippen molar-refractivity contribution in [1.82, 2.24) is 0 Å². The molecule has 2 heteroatoms. The number of ether oxygens (including phenoxy) is 1. The van der Waals surface area contributed by atoms with Crippen LogP contribution in [0.4, 0.5) is 0 Å². The Balaban J connectivity index is 2.02. The van der Waals surface area contributed by atoms with E-state index in [1.807, 2.05) is 12.1 Å². The van der Waals surface area contributed by atoms with Crippen LogP contribution in [0, 0.1) is 0 Å². The first-order valence-corrected chi connectivity index (χ1v) is 9.41. The fraction of sp³-hybridized carbons (Fsp3) is 0.667. The smallest absolute Gasteiger partial charge is 0.309 e. The van der Waals surface area contributed by atoms with Crippen LogP contribution in [-0.2, 0) is 22.4 Å². The third-order valence-corrected chi connectivity index (χ3v) is 4.42. The highest BCUT2D eigenvalue weighted by molar-refractivity contribution is 5.72. The van der Waals surface area contributed by atoms with E-state index in [9.17, 15) is 4.79 Å². The number of esters is 1. The van der Waals surface area contributed by atoms with Crippen molar-refractivity contribution in [2.75, 3.05) is 7.11 Å². The highest BCUT2D eigenvalue weighted by atomic mass is 16.5. The lowest BCUT2D eigenvalue weighted by atomic mass is 10.0. The Morgan fingerprint density at radius 1 is 0.783 bits per heavy atom. The summed E-state index contributed by atoms with van der Waals surface area (Å²) in [6.07, 6.45) is 15.3. The molecule has 130 valence electrons. The molecule has 0 saturated carbocycles. The number of hydrogen-bond acceptors (Lipinski definition) is 2. The zero-order valence-electron chi connectivity index (χ0n) is 15.1. The first-order valence-electron chi connectivity index (χ1n) is 9.41. The van der Waals surface area contributed by atoms with Crippen LogP contribution in [-0.4, -0.2) is 13.1 Å². The van der Waals surface area contributed by atoms with Crippen LogP contribution < -0.4 is 0 Å². The van der Waals surface area contributed by atoms with E-state index in [4.69, 9.17) is 0 Å². The van der Waals surface area contributed by atoms with Crippen molar-refractivity contribution >= 4 is 5.97 Å². The van der Waals surface area contributed by atoms with Crippen LogP contribution in [0.1, 0.15) is 82.3 Å². The first-order chi connectivity index (χ1) is 11.3. The summed E-state index contributed by atoms with van der Waals surface area (Å²) in [5.74, 6) is -0.174. The van der Waals surface area contributed by atoms with Crippen LogP contribution in [0.2, 0.25) is 0 Å². The van der Waals surface area contributed by atoms with Gasteiger partial charge in [0.1, 0.15) is 0 Å². The van der Waals surface area contributed by atoms with E-state index < -0.39 is 0 Å². The zero-order valence-corrected chi connectivity index (χ0v) is 15.1. The highest BCUT2D eigenvalue weighted by Crippen LogP contribution is 2.13. The molecule has 1 aromatic rings. The minimum Gasteiger partial charge on any atom is -0.469 e. The number of unbranched alkanes of at least 4 members (excludes halogenated alkanes) is 9. The number of methoxy groups -OCH3 is 1. The Labute approximate surface area is 142 Å².